The molecule has 0 amide bonds. The average molecular weight is 247 g/mol. The smallest absolute Gasteiger partial charge is 0.330 e. The van der Waals surface area contributed by atoms with Gasteiger partial charge in [-0.3, -0.25) is 4.79 Å². The third kappa shape index (κ3) is 3.69. The summed E-state index contributed by atoms with van der Waals surface area (Å²) in [5.74, 6) is 0.0410. The van der Waals surface area contributed by atoms with E-state index in [1.54, 1.807) is 33.5 Å². The van der Waals surface area contributed by atoms with Crippen LogP contribution >= 0.6 is 0 Å². The summed E-state index contributed by atoms with van der Waals surface area (Å²) in [7, 11) is 1.60. The number of carbonyl (C=O) groups excluding carboxylic acids is 1. The summed E-state index contributed by atoms with van der Waals surface area (Å²) < 4.78 is 5.62. The number of hydrogen-bond donors (Lipinski definition) is 1. The van der Waals surface area contributed by atoms with Gasteiger partial charge >= 0.3 is 7.48 Å². The molecule has 0 spiro atoms. The fourth-order valence-electron chi connectivity index (χ4n) is 1.16. The Balaban J connectivity index is 2.67. The SMILES string of the molecule is CC(=O)c1ccc([B]OC(C)(C)C(C)(C)O)cc1. The molecule has 4 heteroatoms. The van der Waals surface area contributed by atoms with Crippen LogP contribution in [0.15, 0.2) is 24.3 Å². The molecule has 0 bridgehead atoms. The maximum Gasteiger partial charge on any atom is 0.330 e. The van der Waals surface area contributed by atoms with Crippen molar-refractivity contribution in [1.29, 1.82) is 0 Å². The van der Waals surface area contributed by atoms with E-state index in [0.29, 0.717) is 5.56 Å². The van der Waals surface area contributed by atoms with E-state index >= 15 is 0 Å². The van der Waals surface area contributed by atoms with Crippen LogP contribution in [0.3, 0.4) is 0 Å². The number of hydrogen-bond acceptors (Lipinski definition) is 3. The third-order valence-electron chi connectivity index (χ3n) is 3.28. The van der Waals surface area contributed by atoms with Crippen molar-refractivity contribution in [3.8, 4) is 0 Å². The molecule has 1 N–H and O–H groups in total. The second-order valence-electron chi connectivity index (χ2n) is 5.48. The lowest BCUT2D eigenvalue weighted by Gasteiger charge is -2.37. The van der Waals surface area contributed by atoms with Crippen LogP contribution in [0.25, 0.3) is 0 Å². The molecule has 0 aromatic heterocycles. The summed E-state index contributed by atoms with van der Waals surface area (Å²) in [4.78, 5) is 11.1. The molecule has 0 aliphatic rings. The predicted octanol–water partition coefficient (Wildman–Crippen LogP) is 1.70. The summed E-state index contributed by atoms with van der Waals surface area (Å²) in [6.07, 6.45) is 0. The zero-order chi connectivity index (χ0) is 14.0. The Bertz CT molecular complexity index is 416. The molecule has 1 aromatic rings. The summed E-state index contributed by atoms with van der Waals surface area (Å²) in [5, 5.41) is 9.95. The van der Waals surface area contributed by atoms with E-state index < -0.39 is 11.2 Å². The molecule has 1 radical (unpaired) electrons. The van der Waals surface area contributed by atoms with Gasteiger partial charge in [0.05, 0.1) is 11.2 Å². The van der Waals surface area contributed by atoms with Gasteiger partial charge in [0.1, 0.15) is 0 Å². The zero-order valence-electron chi connectivity index (χ0n) is 11.7. The number of Topliss-reactive ketones (excluding diaryl/α,β-unsaturated/α-hetero) is 1. The highest BCUT2D eigenvalue weighted by Gasteiger charge is 2.35. The van der Waals surface area contributed by atoms with Crippen molar-refractivity contribution >= 4 is 18.7 Å². The van der Waals surface area contributed by atoms with Crippen molar-refractivity contribution < 1.29 is 14.6 Å². The van der Waals surface area contributed by atoms with Crippen molar-refractivity contribution in [3.63, 3.8) is 0 Å². The highest BCUT2D eigenvalue weighted by Crippen LogP contribution is 2.24. The van der Waals surface area contributed by atoms with Gasteiger partial charge in [-0.25, -0.2) is 0 Å². The fourth-order valence-corrected chi connectivity index (χ4v) is 1.16. The van der Waals surface area contributed by atoms with Crippen LogP contribution in [0, 0.1) is 0 Å². The van der Waals surface area contributed by atoms with Crippen molar-refractivity contribution in [2.75, 3.05) is 0 Å². The molecule has 3 nitrogen and oxygen atoms in total. The van der Waals surface area contributed by atoms with Gasteiger partial charge in [-0.05, 0) is 34.6 Å². The van der Waals surface area contributed by atoms with Gasteiger partial charge in [0.25, 0.3) is 0 Å². The molecule has 1 aromatic carbocycles. The van der Waals surface area contributed by atoms with Crippen molar-refractivity contribution in [2.24, 2.45) is 0 Å². The van der Waals surface area contributed by atoms with Gasteiger partial charge in [-0.15, -0.1) is 0 Å². The molecule has 0 unspecified atom stereocenters. The lowest BCUT2D eigenvalue weighted by atomic mass is 9.82. The topological polar surface area (TPSA) is 46.5 Å². The molecule has 0 fully saturated rings. The Morgan fingerprint density at radius 1 is 1.17 bits per heavy atom. The summed E-state index contributed by atoms with van der Waals surface area (Å²) in [6.45, 7) is 8.60. The second-order valence-corrected chi connectivity index (χ2v) is 5.48. The first kappa shape index (κ1) is 14.9. The summed E-state index contributed by atoms with van der Waals surface area (Å²) in [6, 6.07) is 7.15. The van der Waals surface area contributed by atoms with Gasteiger partial charge < -0.3 is 9.76 Å². The molecule has 1 rings (SSSR count). The van der Waals surface area contributed by atoms with E-state index in [9.17, 15) is 9.90 Å². The minimum absolute atomic E-state index is 0.0410. The number of ketones is 1. The summed E-state index contributed by atoms with van der Waals surface area (Å²) >= 11 is 0. The first-order valence-corrected chi connectivity index (χ1v) is 5.98. The lowest BCUT2D eigenvalue weighted by Crippen LogP contribution is -2.49. The molecule has 0 saturated heterocycles. The predicted molar refractivity (Wildman–Crippen MR) is 73.3 cm³/mol. The Kier molecular flexibility index (Phi) is 4.35. The third-order valence-corrected chi connectivity index (χ3v) is 3.28. The van der Waals surface area contributed by atoms with Crippen molar-refractivity contribution in [3.05, 3.63) is 29.8 Å². The minimum atomic E-state index is -0.942. The van der Waals surface area contributed by atoms with Crippen LogP contribution < -0.4 is 5.46 Å². The van der Waals surface area contributed by atoms with Gasteiger partial charge in [0, 0.05) is 5.56 Å². The number of aliphatic hydroxyl groups is 1. The summed E-state index contributed by atoms with van der Waals surface area (Å²) in [5.41, 5.74) is -0.0963. The number of rotatable bonds is 5. The first-order chi connectivity index (χ1) is 8.13. The van der Waals surface area contributed by atoms with E-state index in [-0.39, 0.29) is 5.78 Å². The van der Waals surface area contributed by atoms with Gasteiger partial charge in [0.2, 0.25) is 0 Å². The maximum absolute atomic E-state index is 11.1. The Morgan fingerprint density at radius 3 is 2.06 bits per heavy atom. The van der Waals surface area contributed by atoms with Gasteiger partial charge in [0.15, 0.2) is 5.78 Å². The van der Waals surface area contributed by atoms with Crippen LogP contribution in [-0.2, 0) is 4.65 Å². The minimum Gasteiger partial charge on any atom is -0.427 e. The van der Waals surface area contributed by atoms with Crippen LogP contribution in [0.2, 0.25) is 0 Å². The van der Waals surface area contributed by atoms with Crippen molar-refractivity contribution in [2.45, 2.75) is 45.8 Å². The van der Waals surface area contributed by atoms with Gasteiger partial charge in [-0.1, -0.05) is 29.7 Å². The number of benzene rings is 1. The van der Waals surface area contributed by atoms with Crippen molar-refractivity contribution in [1.82, 2.24) is 0 Å². The second kappa shape index (κ2) is 5.25. The molecule has 0 saturated carbocycles. The van der Waals surface area contributed by atoms with Gasteiger partial charge in [-0.2, -0.15) is 0 Å². The molecule has 0 atom stereocenters. The monoisotopic (exact) mass is 247 g/mol. The van der Waals surface area contributed by atoms with E-state index in [1.165, 1.54) is 6.92 Å². The Hall–Kier alpha value is -1.13. The van der Waals surface area contributed by atoms with E-state index in [1.807, 2.05) is 26.0 Å². The highest BCUT2D eigenvalue weighted by atomic mass is 16.5. The largest absolute Gasteiger partial charge is 0.427 e. The first-order valence-electron chi connectivity index (χ1n) is 5.98. The molecule has 0 aliphatic heterocycles. The lowest BCUT2D eigenvalue weighted by molar-refractivity contribution is -0.0893. The standard InChI is InChI=1S/C14H20BO3/c1-10(16)11-6-8-12(9-7-11)15-18-14(4,5)13(2,3)17/h6-9,17H,1-5H3. The van der Waals surface area contributed by atoms with Crippen LogP contribution in [0.4, 0.5) is 0 Å². The molecule has 18 heavy (non-hydrogen) atoms. The molecule has 0 aliphatic carbocycles. The highest BCUT2D eigenvalue weighted by molar-refractivity contribution is 6.47. The molecule has 97 valence electrons. The number of carbonyl (C=O) groups is 1. The zero-order valence-corrected chi connectivity index (χ0v) is 11.7. The van der Waals surface area contributed by atoms with Crippen LogP contribution in [0.1, 0.15) is 45.0 Å². The fraction of sp³-hybridized carbons (Fsp3) is 0.500. The van der Waals surface area contributed by atoms with Crippen LogP contribution in [0.5, 0.6) is 0 Å². The molecule has 0 heterocycles. The van der Waals surface area contributed by atoms with E-state index in [0.717, 1.165) is 5.46 Å². The average Bonchev–Trinajstić information content (AvgIpc) is 2.25. The maximum atomic E-state index is 11.1. The van der Waals surface area contributed by atoms with E-state index in [4.69, 9.17) is 4.65 Å². The normalized spacial score (nSPS) is 12.3. The van der Waals surface area contributed by atoms with Crippen LogP contribution in [-0.4, -0.2) is 29.6 Å². The quantitative estimate of drug-likeness (QED) is 0.636. The molecular weight excluding hydrogens is 227 g/mol. The molecular formula is C14H20BO3. The Labute approximate surface area is 109 Å². The van der Waals surface area contributed by atoms with E-state index in [2.05, 4.69) is 0 Å². The Morgan fingerprint density at radius 2 is 1.67 bits per heavy atom.